The molecule has 0 aliphatic carbocycles. The third-order valence-electron chi connectivity index (χ3n) is 16.6. The Balaban J connectivity index is 0.00000602. The van der Waals surface area contributed by atoms with Crippen molar-refractivity contribution in [1.82, 2.24) is 14.1 Å². The van der Waals surface area contributed by atoms with Gasteiger partial charge in [-0.15, -0.1) is 35.2 Å². The van der Waals surface area contributed by atoms with Crippen LogP contribution >= 0.6 is 0 Å². The second kappa shape index (κ2) is 19.8. The molecule has 0 unspecified atom stereocenters. The zero-order chi connectivity index (χ0) is 54.6. The molecule has 0 N–H and O–H groups in total. The third kappa shape index (κ3) is 8.22. The number of ether oxygens (including phenoxy) is 1. The van der Waals surface area contributed by atoms with Crippen molar-refractivity contribution in [2.45, 2.75) is 45.4 Å². The summed E-state index contributed by atoms with van der Waals surface area (Å²) in [7, 11) is 0. The molecule has 0 saturated heterocycles. The number of imidazole rings is 1. The van der Waals surface area contributed by atoms with Gasteiger partial charge in [-0.25, -0.2) is 4.98 Å². The summed E-state index contributed by atoms with van der Waals surface area (Å²) in [4.78, 5) is 10.2. The van der Waals surface area contributed by atoms with Crippen LogP contribution in [0.1, 0.15) is 51.3 Å². The number of hydrogen-bond donors (Lipinski definition) is 0. The van der Waals surface area contributed by atoms with Gasteiger partial charge in [0, 0.05) is 66.8 Å². The van der Waals surface area contributed by atoms with E-state index in [0.717, 1.165) is 106 Å². The summed E-state index contributed by atoms with van der Waals surface area (Å²) >= 11 is 0. The second-order valence-electron chi connectivity index (χ2n) is 22.8. The summed E-state index contributed by atoms with van der Waals surface area (Å²) < 4.78 is 13.5. The predicted molar refractivity (Wildman–Crippen MR) is 331 cm³/mol. The van der Waals surface area contributed by atoms with Crippen molar-refractivity contribution in [3.63, 3.8) is 0 Å². The van der Waals surface area contributed by atoms with E-state index in [0.29, 0.717) is 11.5 Å². The third-order valence-corrected chi connectivity index (χ3v) is 16.6. The van der Waals surface area contributed by atoms with Crippen molar-refractivity contribution in [3.8, 4) is 50.9 Å². The van der Waals surface area contributed by atoms with E-state index in [2.05, 4.69) is 295 Å². The van der Waals surface area contributed by atoms with Crippen molar-refractivity contribution in [2.24, 2.45) is 0 Å². The fourth-order valence-electron chi connectivity index (χ4n) is 12.6. The van der Waals surface area contributed by atoms with Crippen molar-refractivity contribution in [1.29, 1.82) is 0 Å². The summed E-state index contributed by atoms with van der Waals surface area (Å²) in [5.74, 6) is 1.98. The maximum atomic E-state index is 6.93. The molecule has 82 heavy (non-hydrogen) atoms. The molecular formula is C73H55BN6OPt-2. The molecule has 13 aromatic rings. The van der Waals surface area contributed by atoms with Gasteiger partial charge < -0.3 is 23.5 Å². The van der Waals surface area contributed by atoms with Crippen LogP contribution in [0.25, 0.3) is 72.3 Å². The van der Waals surface area contributed by atoms with E-state index in [1.54, 1.807) is 0 Å². The molecular weight excluding hydrogens is 1180 g/mol. The van der Waals surface area contributed by atoms with E-state index in [9.17, 15) is 0 Å². The molecule has 398 valence electrons. The first-order chi connectivity index (χ1) is 39.6. The Bertz CT molecular complexity index is 4490. The molecule has 9 heteroatoms. The van der Waals surface area contributed by atoms with Crippen LogP contribution in [0.5, 0.6) is 11.5 Å². The molecule has 0 atom stereocenters. The number of rotatable bonds is 9. The SMILES string of the molecule is CC(C)(C)c1ccnc(-n2c3[c-]c(Oc4[c-]c5c(cc4)C(C)(C)c4cccc6c4n-5[c-][n+]6-c4ccccc4)ccc3c3cc(B4N(c5ccccc5-c5ccccc5)c5ccccc5N4c4ccccc4-c4ccccc4)ccc32)c1.[Pt]. The molecule has 2 aliphatic heterocycles. The summed E-state index contributed by atoms with van der Waals surface area (Å²) in [6.45, 7) is 11.0. The van der Waals surface area contributed by atoms with Crippen LogP contribution < -0.4 is 24.4 Å². The number of pyridine rings is 1. The van der Waals surface area contributed by atoms with Crippen LogP contribution in [0.2, 0.25) is 0 Å². The molecule has 0 bridgehead atoms. The summed E-state index contributed by atoms with van der Waals surface area (Å²) in [6.07, 6.45) is 5.64. The molecule has 0 spiro atoms. The normalized spacial score (nSPS) is 13.4. The Kier molecular flexibility index (Phi) is 12.3. The average molecular weight is 1240 g/mol. The fourth-order valence-corrected chi connectivity index (χ4v) is 12.6. The van der Waals surface area contributed by atoms with Crippen molar-refractivity contribution < 1.29 is 30.4 Å². The quantitative estimate of drug-likeness (QED) is 0.0821. The summed E-state index contributed by atoms with van der Waals surface area (Å²) in [6, 6.07) is 92.3. The Hall–Kier alpha value is -9.23. The van der Waals surface area contributed by atoms with Gasteiger partial charge in [0.1, 0.15) is 5.82 Å². The van der Waals surface area contributed by atoms with E-state index in [4.69, 9.17) is 9.72 Å². The Labute approximate surface area is 493 Å². The Morgan fingerprint density at radius 1 is 0.537 bits per heavy atom. The van der Waals surface area contributed by atoms with Gasteiger partial charge in [-0.2, -0.15) is 12.1 Å². The van der Waals surface area contributed by atoms with Crippen LogP contribution in [0, 0.1) is 18.5 Å². The van der Waals surface area contributed by atoms with Crippen molar-refractivity contribution in [3.05, 3.63) is 278 Å². The molecule has 2 aliphatic rings. The number of aromatic nitrogens is 4. The zero-order valence-corrected chi connectivity index (χ0v) is 48.4. The van der Waals surface area contributed by atoms with E-state index in [1.165, 1.54) is 11.1 Å². The monoisotopic (exact) mass is 1240 g/mol. The Morgan fingerprint density at radius 3 is 1.77 bits per heavy atom. The van der Waals surface area contributed by atoms with Gasteiger partial charge in [0.25, 0.3) is 6.33 Å². The van der Waals surface area contributed by atoms with Crippen LogP contribution in [0.15, 0.2) is 243 Å². The smallest absolute Gasteiger partial charge is 0.420 e. The number of fused-ring (bicyclic) bond motifs is 6. The van der Waals surface area contributed by atoms with Crippen LogP contribution in [-0.2, 0) is 31.9 Å². The van der Waals surface area contributed by atoms with Crippen LogP contribution in [0.3, 0.4) is 0 Å². The minimum absolute atomic E-state index is 0. The van der Waals surface area contributed by atoms with E-state index >= 15 is 0 Å². The summed E-state index contributed by atoms with van der Waals surface area (Å²) in [5, 5.41) is 2.12. The van der Waals surface area contributed by atoms with E-state index < -0.39 is 0 Å². The second-order valence-corrected chi connectivity index (χ2v) is 22.8. The van der Waals surface area contributed by atoms with E-state index in [-0.39, 0.29) is 38.9 Å². The molecule has 0 radical (unpaired) electrons. The number of hydrogen-bond acceptors (Lipinski definition) is 4. The maximum absolute atomic E-state index is 6.93. The van der Waals surface area contributed by atoms with Gasteiger partial charge in [0.05, 0.1) is 28.1 Å². The topological polar surface area (TPSA) is 42.3 Å². The van der Waals surface area contributed by atoms with Crippen molar-refractivity contribution >= 4 is 68.0 Å². The maximum Gasteiger partial charge on any atom is 0.420 e. The molecule has 15 rings (SSSR count). The average Bonchev–Trinajstić information content (AvgIpc) is 4.17. The largest absolute Gasteiger partial charge is 0.510 e. The molecule has 7 nitrogen and oxygen atoms in total. The molecule has 0 amide bonds. The van der Waals surface area contributed by atoms with Crippen LogP contribution in [-0.4, -0.2) is 21.1 Å². The Morgan fingerprint density at radius 2 is 1.12 bits per heavy atom. The molecule has 3 aromatic heterocycles. The standard InChI is InChI=1S/C73H55BN6O.Pt/c1-72(2,3)51-42-43-75-70(44-51)78-62-41-36-52(74-79(63-31-17-15-28-56(63)49-22-9-6-10-23-49)65-33-19-20-34-66(65)80(74)64-32-18-16-29-57(64)50-24-11-7-12-25-50)45-59(62)58-39-37-54(46-68(58)78)81-55-38-40-60-69(47-55)77-48-76(53-26-13-8-14-27-53)67-35-21-30-61(71(67)77)73(60,4)5;/h6-45H,1-5H3;/q-2;. The first-order valence-corrected chi connectivity index (χ1v) is 27.8. The molecule has 0 fully saturated rings. The number of para-hydroxylation sites is 6. The predicted octanol–water partition coefficient (Wildman–Crippen LogP) is 16.5. The first-order valence-electron chi connectivity index (χ1n) is 27.8. The molecule has 0 saturated carbocycles. The van der Waals surface area contributed by atoms with Gasteiger partial charge in [-0.1, -0.05) is 198 Å². The van der Waals surface area contributed by atoms with Gasteiger partial charge in [0.2, 0.25) is 0 Å². The van der Waals surface area contributed by atoms with Crippen molar-refractivity contribution in [2.75, 3.05) is 9.62 Å². The van der Waals surface area contributed by atoms with E-state index in [1.807, 2.05) is 24.4 Å². The molecule has 5 heterocycles. The first kappa shape index (κ1) is 51.0. The number of nitrogens with zero attached hydrogens (tertiary/aromatic N) is 6. The van der Waals surface area contributed by atoms with Gasteiger partial charge in [-0.3, -0.25) is 4.57 Å². The summed E-state index contributed by atoms with van der Waals surface area (Å²) in [5.41, 5.74) is 19.4. The van der Waals surface area contributed by atoms with Gasteiger partial charge in [-0.05, 0) is 104 Å². The van der Waals surface area contributed by atoms with Crippen LogP contribution in [0.4, 0.5) is 22.7 Å². The number of benzene rings is 10. The minimum atomic E-state index is -0.314. The zero-order valence-electron chi connectivity index (χ0n) is 46.1. The van der Waals surface area contributed by atoms with Gasteiger partial charge >= 0.3 is 6.98 Å². The minimum Gasteiger partial charge on any atom is -0.510 e. The number of anilines is 4. The van der Waals surface area contributed by atoms with Gasteiger partial charge in [0.15, 0.2) is 0 Å². The molecule has 10 aromatic carbocycles. The fraction of sp³-hybridized carbons (Fsp3) is 0.0959.